The number of halogens is 2. The monoisotopic (exact) mass is 605 g/mol. The number of amides is 1. The number of nitrogens with one attached hydrogen (secondary N) is 2. The third-order valence-corrected chi connectivity index (χ3v) is 7.04. The van der Waals surface area contributed by atoms with Crippen molar-refractivity contribution in [2.75, 3.05) is 31.8 Å². The highest BCUT2D eigenvalue weighted by atomic mass is 19.2. The summed E-state index contributed by atoms with van der Waals surface area (Å²) in [6.07, 6.45) is 3.57. The molecule has 6 rings (SSSR count). The van der Waals surface area contributed by atoms with Gasteiger partial charge in [0.05, 0.1) is 29.8 Å². The Hall–Kier alpha value is -5.68. The van der Waals surface area contributed by atoms with Crippen molar-refractivity contribution in [3.63, 3.8) is 0 Å². The van der Waals surface area contributed by atoms with Crippen LogP contribution in [-0.2, 0) is 6.54 Å². The summed E-state index contributed by atoms with van der Waals surface area (Å²) in [5.41, 5.74) is 5.12. The Morgan fingerprint density at radius 3 is 2.60 bits per heavy atom. The number of fused-ring (bicyclic) bond motifs is 1. The van der Waals surface area contributed by atoms with Crippen LogP contribution in [0.2, 0.25) is 0 Å². The van der Waals surface area contributed by atoms with Gasteiger partial charge in [-0.25, -0.2) is 23.7 Å². The number of hydrogen-bond donors (Lipinski definition) is 2. The van der Waals surface area contributed by atoms with E-state index in [2.05, 4.69) is 20.5 Å². The maximum absolute atomic E-state index is 14.3. The lowest BCUT2D eigenvalue weighted by atomic mass is 10.1. The molecule has 11 heteroatoms. The maximum atomic E-state index is 14.3. The quantitative estimate of drug-likeness (QED) is 0.187. The van der Waals surface area contributed by atoms with Crippen LogP contribution in [0.5, 0.6) is 5.75 Å². The topological polar surface area (TPSA) is 96.7 Å². The van der Waals surface area contributed by atoms with E-state index in [1.165, 1.54) is 12.1 Å². The molecule has 0 spiro atoms. The lowest BCUT2D eigenvalue weighted by molar-refractivity contribution is 0.102. The molecule has 9 nitrogen and oxygen atoms in total. The zero-order valence-corrected chi connectivity index (χ0v) is 24.8. The van der Waals surface area contributed by atoms with Crippen LogP contribution in [0.25, 0.3) is 28.3 Å². The second-order valence-electron chi connectivity index (χ2n) is 10.5. The van der Waals surface area contributed by atoms with Gasteiger partial charge in [0.1, 0.15) is 11.4 Å². The van der Waals surface area contributed by atoms with Crippen molar-refractivity contribution >= 4 is 28.9 Å². The Balaban J connectivity index is 1.36. The first-order valence-corrected chi connectivity index (χ1v) is 14.1. The molecule has 0 aliphatic carbocycles. The molecule has 1 amide bonds. The maximum Gasteiger partial charge on any atom is 0.258 e. The van der Waals surface area contributed by atoms with E-state index in [0.717, 1.165) is 23.1 Å². The standard InChI is InChI=1S/C34H29F2N7O2/c1-42(2)20-22-19-24(13-14-28(22)45-3)39-34-37-16-15-27(40-34)32-31(41-29-12-4-5-17-43(29)32)21-8-6-9-23(18-21)38-33(44)25-10-7-11-26(35)30(25)36/h4-19H,20H2,1-3H3,(H,38,44)(H,37,39,40). The lowest BCUT2D eigenvalue weighted by Gasteiger charge is -2.15. The summed E-state index contributed by atoms with van der Waals surface area (Å²) < 4.78 is 35.4. The molecule has 0 unspecified atom stereocenters. The van der Waals surface area contributed by atoms with E-state index in [1.807, 2.05) is 67.2 Å². The van der Waals surface area contributed by atoms with Crippen LogP contribution >= 0.6 is 0 Å². The first-order chi connectivity index (χ1) is 21.8. The molecule has 0 radical (unpaired) electrons. The molecule has 0 atom stereocenters. The second kappa shape index (κ2) is 12.5. The normalized spacial score (nSPS) is 11.2. The number of nitrogens with zero attached hydrogens (tertiary/aromatic N) is 5. The van der Waals surface area contributed by atoms with Crippen LogP contribution in [-0.4, -0.2) is 51.4 Å². The lowest BCUT2D eigenvalue weighted by Crippen LogP contribution is -2.14. The number of methoxy groups -OCH3 is 1. The number of ether oxygens (including phenoxy) is 1. The average molecular weight is 606 g/mol. The zero-order chi connectivity index (χ0) is 31.5. The van der Waals surface area contributed by atoms with Crippen molar-refractivity contribution < 1.29 is 18.3 Å². The van der Waals surface area contributed by atoms with Crippen LogP contribution in [0.4, 0.5) is 26.1 Å². The Kier molecular flexibility index (Phi) is 8.17. The molecule has 2 N–H and O–H groups in total. The van der Waals surface area contributed by atoms with Gasteiger partial charge in [-0.2, -0.15) is 0 Å². The second-order valence-corrected chi connectivity index (χ2v) is 10.5. The molecule has 0 fully saturated rings. The number of hydrogen-bond acceptors (Lipinski definition) is 7. The number of carbonyl (C=O) groups is 1. The van der Waals surface area contributed by atoms with Gasteiger partial charge in [-0.3, -0.25) is 9.20 Å². The minimum atomic E-state index is -1.20. The molecular formula is C34H29F2N7O2. The summed E-state index contributed by atoms with van der Waals surface area (Å²) in [5, 5.41) is 5.96. The third-order valence-electron chi connectivity index (χ3n) is 7.04. The van der Waals surface area contributed by atoms with E-state index in [-0.39, 0.29) is 5.56 Å². The summed E-state index contributed by atoms with van der Waals surface area (Å²) in [5.74, 6) is -1.88. The van der Waals surface area contributed by atoms with Gasteiger partial charge in [0.15, 0.2) is 11.6 Å². The Morgan fingerprint density at radius 1 is 0.933 bits per heavy atom. The minimum Gasteiger partial charge on any atom is -0.496 e. The molecule has 0 aliphatic rings. The summed E-state index contributed by atoms with van der Waals surface area (Å²) in [6.45, 7) is 0.696. The fourth-order valence-electron chi connectivity index (χ4n) is 5.06. The molecule has 0 saturated carbocycles. The Morgan fingerprint density at radius 2 is 1.78 bits per heavy atom. The molecule has 0 saturated heterocycles. The summed E-state index contributed by atoms with van der Waals surface area (Å²) >= 11 is 0. The van der Waals surface area contributed by atoms with Crippen LogP contribution in [0, 0.1) is 11.6 Å². The molecule has 0 bridgehead atoms. The van der Waals surface area contributed by atoms with Gasteiger partial charge < -0.3 is 20.3 Å². The Labute approximate surface area is 258 Å². The smallest absolute Gasteiger partial charge is 0.258 e. The first kappa shape index (κ1) is 29.4. The van der Waals surface area contributed by atoms with E-state index in [4.69, 9.17) is 14.7 Å². The van der Waals surface area contributed by atoms with Crippen molar-refractivity contribution in [1.29, 1.82) is 0 Å². The highest BCUT2D eigenvalue weighted by Crippen LogP contribution is 2.34. The van der Waals surface area contributed by atoms with Crippen molar-refractivity contribution in [3.8, 4) is 28.4 Å². The van der Waals surface area contributed by atoms with E-state index >= 15 is 0 Å². The van der Waals surface area contributed by atoms with E-state index < -0.39 is 17.5 Å². The number of aromatic nitrogens is 4. The predicted molar refractivity (Wildman–Crippen MR) is 170 cm³/mol. The van der Waals surface area contributed by atoms with Crippen LogP contribution in [0.1, 0.15) is 15.9 Å². The SMILES string of the molecule is COc1ccc(Nc2nccc(-c3c(-c4cccc(NC(=O)c5cccc(F)c5F)c4)nc4ccccn34)n2)cc1CN(C)C. The number of imidazole rings is 1. The third kappa shape index (κ3) is 6.20. The molecule has 45 heavy (non-hydrogen) atoms. The summed E-state index contributed by atoms with van der Waals surface area (Å²) in [6, 6.07) is 23.8. The predicted octanol–water partition coefficient (Wildman–Crippen LogP) is 6.80. The average Bonchev–Trinajstić information content (AvgIpc) is 3.42. The molecule has 3 aromatic carbocycles. The largest absolute Gasteiger partial charge is 0.496 e. The molecule has 6 aromatic rings. The number of rotatable bonds is 9. The summed E-state index contributed by atoms with van der Waals surface area (Å²) in [4.78, 5) is 29.0. The molecular weight excluding hydrogens is 576 g/mol. The highest BCUT2D eigenvalue weighted by Gasteiger charge is 2.20. The van der Waals surface area contributed by atoms with Crippen LogP contribution in [0.15, 0.2) is 97.3 Å². The number of benzene rings is 3. The van der Waals surface area contributed by atoms with Gasteiger partial charge >= 0.3 is 0 Å². The van der Waals surface area contributed by atoms with Gasteiger partial charge in [-0.15, -0.1) is 0 Å². The molecule has 3 heterocycles. The fourth-order valence-corrected chi connectivity index (χ4v) is 5.06. The van der Waals surface area contributed by atoms with Gasteiger partial charge in [0.25, 0.3) is 5.91 Å². The van der Waals surface area contributed by atoms with E-state index in [9.17, 15) is 13.6 Å². The van der Waals surface area contributed by atoms with Gasteiger partial charge in [0, 0.05) is 41.4 Å². The zero-order valence-electron chi connectivity index (χ0n) is 24.8. The van der Waals surface area contributed by atoms with Gasteiger partial charge in [-0.05, 0) is 74.8 Å². The molecule has 0 aliphatic heterocycles. The van der Waals surface area contributed by atoms with Crippen LogP contribution in [0.3, 0.4) is 0 Å². The number of anilines is 3. The molecule has 3 aromatic heterocycles. The van der Waals surface area contributed by atoms with Crippen molar-refractivity contribution in [2.24, 2.45) is 0 Å². The van der Waals surface area contributed by atoms with E-state index in [1.54, 1.807) is 37.6 Å². The molecule has 226 valence electrons. The van der Waals surface area contributed by atoms with Crippen molar-refractivity contribution in [3.05, 3.63) is 120 Å². The Bertz CT molecular complexity index is 2030. The van der Waals surface area contributed by atoms with Crippen molar-refractivity contribution in [1.82, 2.24) is 24.3 Å². The van der Waals surface area contributed by atoms with Gasteiger partial charge in [0.2, 0.25) is 5.95 Å². The number of pyridine rings is 1. The summed E-state index contributed by atoms with van der Waals surface area (Å²) in [7, 11) is 5.64. The van der Waals surface area contributed by atoms with Gasteiger partial charge in [-0.1, -0.05) is 24.3 Å². The van der Waals surface area contributed by atoms with Crippen LogP contribution < -0.4 is 15.4 Å². The highest BCUT2D eigenvalue weighted by molar-refractivity contribution is 6.04. The number of carbonyl (C=O) groups excluding carboxylic acids is 1. The van der Waals surface area contributed by atoms with Crippen molar-refractivity contribution in [2.45, 2.75) is 6.54 Å². The fraction of sp³-hybridized carbons (Fsp3) is 0.118. The minimum absolute atomic E-state index is 0.388. The first-order valence-electron chi connectivity index (χ1n) is 14.1. The van der Waals surface area contributed by atoms with E-state index in [0.29, 0.717) is 46.5 Å².